The topological polar surface area (TPSA) is 83.1 Å². The van der Waals surface area contributed by atoms with Gasteiger partial charge in [-0.1, -0.05) is 68.9 Å². The molecule has 0 radical (unpaired) electrons. The average Bonchev–Trinajstić information content (AvgIpc) is 3.27. The summed E-state index contributed by atoms with van der Waals surface area (Å²) in [6.45, 7) is 9.14. The highest BCUT2D eigenvalue weighted by Crippen LogP contribution is 2.32. The molecule has 0 aliphatic carbocycles. The van der Waals surface area contributed by atoms with Gasteiger partial charge in [0.05, 0.1) is 11.5 Å². The van der Waals surface area contributed by atoms with Gasteiger partial charge >= 0.3 is 0 Å². The summed E-state index contributed by atoms with van der Waals surface area (Å²) in [7, 11) is 0. The quantitative estimate of drug-likeness (QED) is 0.154. The first-order valence-corrected chi connectivity index (χ1v) is 12.4. The summed E-state index contributed by atoms with van der Waals surface area (Å²) < 4.78 is 7.65. The summed E-state index contributed by atoms with van der Waals surface area (Å²) in [4.78, 5) is 10.5. The van der Waals surface area contributed by atoms with E-state index in [2.05, 4.69) is 55.2 Å². The van der Waals surface area contributed by atoms with Crippen LogP contribution in [0.4, 0.5) is 5.69 Å². The van der Waals surface area contributed by atoms with Gasteiger partial charge in [0, 0.05) is 29.1 Å². The van der Waals surface area contributed by atoms with Crippen molar-refractivity contribution in [2.45, 2.75) is 44.0 Å². The minimum absolute atomic E-state index is 0.0626. The molecule has 4 rings (SSSR count). The van der Waals surface area contributed by atoms with E-state index in [0.29, 0.717) is 12.4 Å². The average molecular weight is 489 g/mol. The Hall–Kier alpha value is -3.65. The summed E-state index contributed by atoms with van der Waals surface area (Å²) in [5.41, 5.74) is 4.27. The van der Waals surface area contributed by atoms with Gasteiger partial charge in [0.2, 0.25) is 0 Å². The minimum Gasteiger partial charge on any atom is -0.494 e. The fourth-order valence-corrected chi connectivity index (χ4v) is 4.53. The van der Waals surface area contributed by atoms with Crippen LogP contribution in [0.1, 0.15) is 38.8 Å². The number of rotatable bonds is 8. The summed E-state index contributed by atoms with van der Waals surface area (Å²) in [6, 6.07) is 22.9. The third-order valence-electron chi connectivity index (χ3n) is 5.56. The lowest BCUT2D eigenvalue weighted by Gasteiger charge is -2.19. The Kier molecular flexibility index (Phi) is 7.21. The molecule has 7 nitrogen and oxygen atoms in total. The van der Waals surface area contributed by atoms with Crippen molar-refractivity contribution in [1.82, 2.24) is 14.8 Å². The molecular weight excluding hydrogens is 460 g/mol. The van der Waals surface area contributed by atoms with Gasteiger partial charge in [0.25, 0.3) is 5.69 Å². The molecule has 35 heavy (non-hydrogen) atoms. The van der Waals surface area contributed by atoms with E-state index in [1.54, 1.807) is 12.1 Å². The molecule has 3 aromatic carbocycles. The van der Waals surface area contributed by atoms with Crippen LogP contribution in [0.5, 0.6) is 5.75 Å². The van der Waals surface area contributed by atoms with E-state index in [1.165, 1.54) is 29.5 Å². The lowest BCUT2D eigenvalue weighted by atomic mass is 9.87. The van der Waals surface area contributed by atoms with Crippen molar-refractivity contribution in [2.75, 3.05) is 6.61 Å². The molecular formula is C27H28N4O3S. The normalized spacial score (nSPS) is 11.4. The zero-order chi connectivity index (χ0) is 25.0. The standard InChI is InChI=1S/C27H28N4O3S/c1-5-34-24-16-14-22(15-17-24)30-25(20-8-10-21(11-9-20)27(2,3)4)28-29-26(30)35-18-19-6-12-23(13-7-19)31(32)33/h6-17H,5,18H2,1-4H3. The minimum atomic E-state index is -0.392. The zero-order valence-electron chi connectivity index (χ0n) is 20.3. The molecule has 0 fully saturated rings. The van der Waals surface area contributed by atoms with E-state index >= 15 is 0 Å². The van der Waals surface area contributed by atoms with Crippen LogP contribution in [0.3, 0.4) is 0 Å². The SMILES string of the molecule is CCOc1ccc(-n2c(SCc3ccc([N+](=O)[O-])cc3)nnc2-c2ccc(C(C)(C)C)cc2)cc1. The van der Waals surface area contributed by atoms with Crippen molar-refractivity contribution in [3.63, 3.8) is 0 Å². The first-order valence-electron chi connectivity index (χ1n) is 11.4. The molecule has 0 amide bonds. The van der Waals surface area contributed by atoms with Crippen molar-refractivity contribution in [3.8, 4) is 22.8 Å². The number of ether oxygens (including phenoxy) is 1. The molecule has 1 aromatic heterocycles. The monoisotopic (exact) mass is 488 g/mol. The predicted octanol–water partition coefficient (Wildman–Crippen LogP) is 6.83. The number of benzene rings is 3. The van der Waals surface area contributed by atoms with E-state index in [9.17, 15) is 10.1 Å². The van der Waals surface area contributed by atoms with Gasteiger partial charge in [-0.3, -0.25) is 14.7 Å². The largest absolute Gasteiger partial charge is 0.494 e. The van der Waals surface area contributed by atoms with Crippen LogP contribution in [-0.2, 0) is 11.2 Å². The summed E-state index contributed by atoms with van der Waals surface area (Å²) in [6.07, 6.45) is 0. The molecule has 0 spiro atoms. The van der Waals surface area contributed by atoms with Gasteiger partial charge in [-0.05, 0) is 47.7 Å². The molecule has 0 aliphatic rings. The Balaban J connectivity index is 1.68. The van der Waals surface area contributed by atoms with E-state index in [4.69, 9.17) is 4.74 Å². The van der Waals surface area contributed by atoms with Crippen molar-refractivity contribution >= 4 is 17.4 Å². The summed E-state index contributed by atoms with van der Waals surface area (Å²) in [5, 5.41) is 20.7. The predicted molar refractivity (Wildman–Crippen MR) is 139 cm³/mol. The Bertz CT molecular complexity index is 1290. The van der Waals surface area contributed by atoms with Crippen molar-refractivity contribution < 1.29 is 9.66 Å². The van der Waals surface area contributed by atoms with Gasteiger partial charge in [-0.15, -0.1) is 10.2 Å². The van der Waals surface area contributed by atoms with E-state index in [0.717, 1.165) is 33.5 Å². The highest BCUT2D eigenvalue weighted by molar-refractivity contribution is 7.98. The third kappa shape index (κ3) is 5.71. The number of nitrogens with zero attached hydrogens (tertiary/aromatic N) is 4. The van der Waals surface area contributed by atoms with Crippen LogP contribution in [0.15, 0.2) is 78.0 Å². The second kappa shape index (κ2) is 10.3. The molecule has 0 aliphatic heterocycles. The van der Waals surface area contributed by atoms with E-state index < -0.39 is 4.92 Å². The Morgan fingerprint density at radius 2 is 1.60 bits per heavy atom. The van der Waals surface area contributed by atoms with Crippen LogP contribution in [0, 0.1) is 10.1 Å². The maximum Gasteiger partial charge on any atom is 0.269 e. The molecule has 0 N–H and O–H groups in total. The molecule has 180 valence electrons. The number of non-ortho nitro benzene ring substituents is 1. The van der Waals surface area contributed by atoms with Crippen LogP contribution >= 0.6 is 11.8 Å². The molecule has 4 aromatic rings. The second-order valence-corrected chi connectivity index (χ2v) is 10.1. The van der Waals surface area contributed by atoms with Crippen molar-refractivity contribution in [1.29, 1.82) is 0 Å². The number of hydrogen-bond donors (Lipinski definition) is 0. The highest BCUT2D eigenvalue weighted by Gasteiger charge is 2.18. The molecule has 0 bridgehead atoms. The highest BCUT2D eigenvalue weighted by atomic mass is 32.2. The van der Waals surface area contributed by atoms with Gasteiger partial charge in [0.15, 0.2) is 11.0 Å². The van der Waals surface area contributed by atoms with Crippen molar-refractivity contribution in [3.05, 3.63) is 94.0 Å². The first-order chi connectivity index (χ1) is 16.8. The summed E-state index contributed by atoms with van der Waals surface area (Å²) in [5.74, 6) is 2.16. The van der Waals surface area contributed by atoms with E-state index in [1.807, 2.05) is 35.8 Å². The summed E-state index contributed by atoms with van der Waals surface area (Å²) >= 11 is 1.53. The molecule has 1 heterocycles. The lowest BCUT2D eigenvalue weighted by molar-refractivity contribution is -0.384. The van der Waals surface area contributed by atoms with Crippen LogP contribution in [-0.4, -0.2) is 26.3 Å². The molecule has 0 saturated carbocycles. The Morgan fingerprint density at radius 1 is 0.943 bits per heavy atom. The van der Waals surface area contributed by atoms with E-state index in [-0.39, 0.29) is 11.1 Å². The first kappa shape index (κ1) is 24.5. The zero-order valence-corrected chi connectivity index (χ0v) is 21.1. The van der Waals surface area contributed by atoms with Gasteiger partial charge in [-0.2, -0.15) is 0 Å². The number of nitro benzene ring substituents is 1. The van der Waals surface area contributed by atoms with Crippen molar-refractivity contribution in [2.24, 2.45) is 0 Å². The van der Waals surface area contributed by atoms with Gasteiger partial charge in [-0.25, -0.2) is 0 Å². The Morgan fingerprint density at radius 3 is 2.17 bits per heavy atom. The lowest BCUT2D eigenvalue weighted by Crippen LogP contribution is -2.10. The molecule has 0 saturated heterocycles. The van der Waals surface area contributed by atoms with Crippen LogP contribution < -0.4 is 4.74 Å². The molecule has 8 heteroatoms. The fourth-order valence-electron chi connectivity index (χ4n) is 3.62. The number of nitro groups is 1. The number of thioether (sulfide) groups is 1. The maximum absolute atomic E-state index is 10.9. The maximum atomic E-state index is 10.9. The smallest absolute Gasteiger partial charge is 0.269 e. The van der Waals surface area contributed by atoms with Crippen LogP contribution in [0.25, 0.3) is 17.1 Å². The molecule has 0 unspecified atom stereocenters. The molecule has 0 atom stereocenters. The fraction of sp³-hybridized carbons (Fsp3) is 0.259. The number of aromatic nitrogens is 3. The Labute approximate surface area is 209 Å². The van der Waals surface area contributed by atoms with Gasteiger partial charge < -0.3 is 4.74 Å². The number of hydrogen-bond acceptors (Lipinski definition) is 6. The second-order valence-electron chi connectivity index (χ2n) is 9.11. The third-order valence-corrected chi connectivity index (χ3v) is 6.56. The van der Waals surface area contributed by atoms with Gasteiger partial charge in [0.1, 0.15) is 5.75 Å². The van der Waals surface area contributed by atoms with Crippen LogP contribution in [0.2, 0.25) is 0 Å².